The number of nitrogens with two attached hydrogens (primary N) is 1. The van der Waals surface area contributed by atoms with E-state index in [0.717, 1.165) is 84.3 Å². The minimum absolute atomic E-state index is 0.111. The van der Waals surface area contributed by atoms with E-state index in [2.05, 4.69) is 106 Å². The number of piperidine rings is 4. The molecular formula is C28H68B2N12O4P4. The fraction of sp³-hybridized carbons (Fsp3) is 0.893. The summed E-state index contributed by atoms with van der Waals surface area (Å²) in [6.07, 6.45) is 9.17. The molecule has 0 bridgehead atoms. The smallest absolute Gasteiger partial charge is 0.317 e. The van der Waals surface area contributed by atoms with Gasteiger partial charge in [0.05, 0.1) is 0 Å². The third-order valence-corrected chi connectivity index (χ3v) is 8.59. The van der Waals surface area contributed by atoms with Crippen molar-refractivity contribution in [3.8, 4) is 0 Å². The molecule has 22 heteroatoms. The first-order chi connectivity index (χ1) is 23.9. The normalized spacial score (nSPS) is 23.3. The van der Waals surface area contributed by atoms with Gasteiger partial charge in [-0.3, -0.25) is 0 Å². The van der Waals surface area contributed by atoms with Crippen LogP contribution in [0.15, 0.2) is 4.95 Å². The Balaban J connectivity index is 0. The highest BCUT2D eigenvalue weighted by atomic mass is 31.0. The molecule has 8 unspecified atom stereocenters. The Morgan fingerprint density at radius 1 is 0.720 bits per heavy atom. The molecule has 6 amide bonds. The minimum Gasteiger partial charge on any atom is -0.345 e. The predicted molar refractivity (Wildman–Crippen MR) is 224 cm³/mol. The zero-order valence-corrected chi connectivity index (χ0v) is 35.7. The summed E-state index contributed by atoms with van der Waals surface area (Å²) < 4.78 is 0. The van der Waals surface area contributed by atoms with Crippen molar-refractivity contribution in [2.75, 3.05) is 66.5 Å². The molecule has 0 aromatic carbocycles. The zero-order valence-electron chi connectivity index (χ0n) is 31.1. The van der Waals surface area contributed by atoms with Crippen LogP contribution in [0.5, 0.6) is 0 Å². The number of likely N-dealkylation sites (N-methyl/N-ethyl adjacent to an activating group) is 2. The lowest BCUT2D eigenvalue weighted by atomic mass is 9.88. The first-order valence-electron chi connectivity index (χ1n) is 17.4. The van der Waals surface area contributed by atoms with E-state index in [0.29, 0.717) is 18.1 Å². The van der Waals surface area contributed by atoms with E-state index in [-0.39, 0.29) is 24.1 Å². The third-order valence-electron chi connectivity index (χ3n) is 7.80. The predicted octanol–water partition coefficient (Wildman–Crippen LogP) is 1.57. The van der Waals surface area contributed by atoms with Crippen LogP contribution in [-0.4, -0.2) is 138 Å². The molecule has 9 N–H and O–H groups in total. The third kappa shape index (κ3) is 30.7. The summed E-state index contributed by atoms with van der Waals surface area (Å²) in [7, 11) is 16.5. The molecule has 50 heavy (non-hydrogen) atoms. The SMILES string of the molecule is CN1CCCC(N)C1.CN1CCCC(NC(=O)NP)C1.C[B]C.C[B]N1CCCC(NC(=O)NP)C1.O=C(NP)NC1CCCNC1.O=NP. The highest BCUT2D eigenvalue weighted by Crippen LogP contribution is 2.09. The summed E-state index contributed by atoms with van der Waals surface area (Å²) in [6, 6.07) is 0.977. The number of likely N-dealkylation sites (tertiary alicyclic amines) is 2. The van der Waals surface area contributed by atoms with Gasteiger partial charge in [-0.2, -0.15) is 0 Å². The molecule has 16 nitrogen and oxygen atoms in total. The number of hydrogen-bond donors (Lipinski definition) is 8. The zero-order chi connectivity index (χ0) is 38.2. The Hall–Kier alpha value is -0.940. The Labute approximate surface area is 313 Å². The van der Waals surface area contributed by atoms with Crippen molar-refractivity contribution >= 4 is 70.3 Å². The Morgan fingerprint density at radius 3 is 1.52 bits per heavy atom. The van der Waals surface area contributed by atoms with Crippen LogP contribution in [-0.2, 0) is 0 Å². The van der Waals surface area contributed by atoms with E-state index in [1.165, 1.54) is 19.4 Å². The molecule has 8 atom stereocenters. The molecule has 0 aromatic rings. The average molecular weight is 782 g/mol. The van der Waals surface area contributed by atoms with Crippen LogP contribution < -0.4 is 42.3 Å². The second-order valence-electron chi connectivity index (χ2n) is 12.4. The van der Waals surface area contributed by atoms with Crippen molar-refractivity contribution in [2.45, 2.75) is 96.0 Å². The summed E-state index contributed by atoms with van der Waals surface area (Å²) in [5.74, 6) is 0. The number of nitrogens with zero attached hydrogens (tertiary/aromatic N) is 4. The van der Waals surface area contributed by atoms with E-state index in [1.54, 1.807) is 9.39 Å². The van der Waals surface area contributed by atoms with Crippen LogP contribution in [0.1, 0.15) is 51.4 Å². The summed E-state index contributed by atoms with van der Waals surface area (Å²) in [4.78, 5) is 50.2. The van der Waals surface area contributed by atoms with Crippen LogP contribution in [0, 0.1) is 4.91 Å². The number of amides is 6. The molecule has 4 aliphatic heterocycles. The molecule has 0 spiro atoms. The van der Waals surface area contributed by atoms with Crippen molar-refractivity contribution in [3.05, 3.63) is 4.91 Å². The first kappa shape index (κ1) is 51.2. The van der Waals surface area contributed by atoms with E-state index in [4.69, 9.17) is 10.6 Å². The number of nitroso groups, excluding NO2 is 1. The number of hydrogen-bond acceptors (Lipinski definition) is 10. The van der Waals surface area contributed by atoms with Gasteiger partial charge in [0.1, 0.15) is 7.28 Å². The van der Waals surface area contributed by atoms with Gasteiger partial charge in [-0.05, 0) is 120 Å². The molecule has 0 saturated carbocycles. The average Bonchev–Trinajstić information content (AvgIpc) is 3.10. The second-order valence-corrected chi connectivity index (χ2v) is 13.5. The summed E-state index contributed by atoms with van der Waals surface area (Å²) in [5, 5.41) is 19.2. The summed E-state index contributed by atoms with van der Waals surface area (Å²) in [6.45, 7) is 14.4. The van der Waals surface area contributed by atoms with Crippen molar-refractivity contribution in [1.29, 1.82) is 0 Å². The van der Waals surface area contributed by atoms with Gasteiger partial charge in [-0.1, -0.05) is 25.4 Å². The number of carbonyl (C=O) groups excluding carboxylic acids is 3. The Kier molecular flexibility index (Phi) is 35.9. The standard InChI is InChI=1S/C7H16BN3OP.C7H16N3OP.C6H14N3OP.C6H14N2.C2H6B.H2NOP/c1-8-11-4-2-3-6(5-11)9-7(12)10-13;1-10-4-2-3-6(5-10)8-7(11)9-12;10-6(9-11)8-5-2-1-3-7-4-5;1-8-4-2-3-6(7)5-8;1-3-2;2-1-3/h6H,2-5,13H2,1H3,(H2,9,10,12);6H,2-5,12H2,1H3,(H2,8,9,11);5,7H,1-4,11H2,(H2,8,9,10);6H,2-5,7H2,1H3;1-2H3;3H2. The summed E-state index contributed by atoms with van der Waals surface area (Å²) >= 11 is 0. The highest BCUT2D eigenvalue weighted by Gasteiger charge is 2.20. The van der Waals surface area contributed by atoms with Crippen LogP contribution in [0.4, 0.5) is 14.4 Å². The number of rotatable bonds is 4. The van der Waals surface area contributed by atoms with Crippen LogP contribution in [0.25, 0.3) is 0 Å². The fourth-order valence-corrected chi connectivity index (χ4v) is 5.76. The van der Waals surface area contributed by atoms with Gasteiger partial charge < -0.3 is 56.9 Å². The molecule has 4 rings (SSSR count). The molecule has 2 radical (unpaired) electrons. The number of nitrogens with one attached hydrogen (secondary N) is 7. The summed E-state index contributed by atoms with van der Waals surface area (Å²) in [5.41, 5.74) is 5.68. The molecule has 290 valence electrons. The molecule has 4 saturated heterocycles. The van der Waals surface area contributed by atoms with Crippen LogP contribution in [0.3, 0.4) is 0 Å². The maximum absolute atomic E-state index is 11.0. The van der Waals surface area contributed by atoms with Crippen molar-refractivity contribution in [1.82, 2.24) is 51.1 Å². The van der Waals surface area contributed by atoms with Crippen molar-refractivity contribution in [3.63, 3.8) is 0 Å². The van der Waals surface area contributed by atoms with Crippen molar-refractivity contribution in [2.24, 2.45) is 10.7 Å². The van der Waals surface area contributed by atoms with Gasteiger partial charge in [-0.15, -0.1) is 4.91 Å². The second kappa shape index (κ2) is 35.1. The molecule has 4 heterocycles. The monoisotopic (exact) mass is 782 g/mol. The van der Waals surface area contributed by atoms with Crippen LogP contribution in [0.2, 0.25) is 20.5 Å². The lowest BCUT2D eigenvalue weighted by Crippen LogP contribution is -2.49. The Morgan fingerprint density at radius 2 is 1.14 bits per heavy atom. The maximum atomic E-state index is 11.0. The lowest BCUT2D eigenvalue weighted by molar-refractivity contribution is 0.213. The van der Waals surface area contributed by atoms with E-state index < -0.39 is 0 Å². The molecule has 0 aliphatic carbocycles. The Bertz CT molecular complexity index is 871. The van der Waals surface area contributed by atoms with Gasteiger partial charge >= 0.3 is 18.1 Å². The largest absolute Gasteiger partial charge is 0.345 e. The fourth-order valence-electron chi connectivity index (χ4n) is 5.51. The molecular weight excluding hydrogens is 714 g/mol. The highest BCUT2D eigenvalue weighted by molar-refractivity contribution is 7.15. The van der Waals surface area contributed by atoms with E-state index in [1.807, 2.05) is 27.7 Å². The van der Waals surface area contributed by atoms with E-state index >= 15 is 0 Å². The van der Waals surface area contributed by atoms with Gasteiger partial charge in [0, 0.05) is 59.7 Å². The number of urea groups is 3. The minimum atomic E-state index is -0.122. The van der Waals surface area contributed by atoms with Gasteiger partial charge in [0.15, 0.2) is 0 Å². The maximum Gasteiger partial charge on any atom is 0.317 e. The quantitative estimate of drug-likeness (QED) is 0.119. The van der Waals surface area contributed by atoms with E-state index in [9.17, 15) is 14.4 Å². The van der Waals surface area contributed by atoms with Gasteiger partial charge in [0.2, 0.25) is 7.41 Å². The molecule has 4 aliphatic rings. The van der Waals surface area contributed by atoms with Gasteiger partial charge in [-0.25, -0.2) is 14.4 Å². The van der Waals surface area contributed by atoms with Gasteiger partial charge in [0.25, 0.3) is 0 Å². The topological polar surface area (TPSA) is 201 Å². The molecule has 0 aromatic heterocycles. The van der Waals surface area contributed by atoms with Crippen molar-refractivity contribution < 1.29 is 14.4 Å². The molecule has 4 fully saturated rings. The number of carbonyl (C=O) groups is 3. The lowest BCUT2D eigenvalue weighted by Gasteiger charge is -2.32. The first-order valence-corrected chi connectivity index (χ1v) is 19.6. The van der Waals surface area contributed by atoms with Crippen LogP contribution >= 0.6 is 37.6 Å².